The molecule has 1 amide bonds. The van der Waals surface area contributed by atoms with E-state index < -0.39 is 11.6 Å². The molecule has 3 nitrogen and oxygen atoms in total. The summed E-state index contributed by atoms with van der Waals surface area (Å²) in [5, 5.41) is 2.87. The Balaban J connectivity index is 0.00000200. The van der Waals surface area contributed by atoms with Gasteiger partial charge in [-0.25, -0.2) is 8.78 Å². The van der Waals surface area contributed by atoms with Crippen LogP contribution in [0.3, 0.4) is 0 Å². The summed E-state index contributed by atoms with van der Waals surface area (Å²) in [5.74, 6) is -2.06. The van der Waals surface area contributed by atoms with Crippen LogP contribution in [-0.2, 0) is 0 Å². The fourth-order valence-corrected chi connectivity index (χ4v) is 2.57. The standard InChI is InChI=1S/C14H18F2N2O.ClH/c15-11-6-5-9(7-12(11)16)14(19)18-13-4-2-1-3-10(13)8-17;/h5-7,10,13H,1-4,8,17H2,(H,18,19);1H. The number of carbonyl (C=O) groups excluding carboxylic acids is 1. The maximum absolute atomic E-state index is 13.1. The Hall–Kier alpha value is -1.20. The van der Waals surface area contributed by atoms with E-state index in [1.54, 1.807) is 0 Å². The van der Waals surface area contributed by atoms with Gasteiger partial charge in [-0.05, 0) is 43.5 Å². The van der Waals surface area contributed by atoms with Gasteiger partial charge in [0, 0.05) is 11.6 Å². The molecular formula is C14H19ClF2N2O. The van der Waals surface area contributed by atoms with E-state index in [1.807, 2.05) is 0 Å². The molecule has 3 N–H and O–H groups in total. The summed E-state index contributed by atoms with van der Waals surface area (Å²) >= 11 is 0. The van der Waals surface area contributed by atoms with Gasteiger partial charge in [0.25, 0.3) is 5.91 Å². The maximum atomic E-state index is 13.1. The highest BCUT2D eigenvalue weighted by atomic mass is 35.5. The number of halogens is 3. The second-order valence-electron chi connectivity index (χ2n) is 4.99. The molecule has 0 saturated heterocycles. The van der Waals surface area contributed by atoms with Gasteiger partial charge in [0.15, 0.2) is 11.6 Å². The molecule has 0 aromatic heterocycles. The Morgan fingerprint density at radius 2 is 1.95 bits per heavy atom. The average Bonchev–Trinajstić information content (AvgIpc) is 2.42. The van der Waals surface area contributed by atoms with Gasteiger partial charge in [-0.2, -0.15) is 0 Å². The van der Waals surface area contributed by atoms with Crippen molar-refractivity contribution in [3.05, 3.63) is 35.4 Å². The smallest absolute Gasteiger partial charge is 0.251 e. The summed E-state index contributed by atoms with van der Waals surface area (Å²) < 4.78 is 25.9. The molecule has 1 aromatic carbocycles. The molecule has 2 rings (SSSR count). The molecule has 2 unspecified atom stereocenters. The molecule has 1 aliphatic carbocycles. The van der Waals surface area contributed by atoms with Crippen molar-refractivity contribution in [2.24, 2.45) is 11.7 Å². The minimum atomic E-state index is -1.01. The van der Waals surface area contributed by atoms with Crippen molar-refractivity contribution in [2.75, 3.05) is 6.54 Å². The number of nitrogens with one attached hydrogen (secondary N) is 1. The third kappa shape index (κ3) is 3.90. The predicted molar refractivity (Wildman–Crippen MR) is 75.9 cm³/mol. The second kappa shape index (κ2) is 7.55. The summed E-state index contributed by atoms with van der Waals surface area (Å²) in [5.41, 5.74) is 5.83. The van der Waals surface area contributed by atoms with E-state index in [0.717, 1.165) is 37.8 Å². The number of amides is 1. The topological polar surface area (TPSA) is 55.1 Å². The third-order valence-corrected chi connectivity index (χ3v) is 3.71. The van der Waals surface area contributed by atoms with Crippen LogP contribution in [0.1, 0.15) is 36.0 Å². The van der Waals surface area contributed by atoms with Crippen molar-refractivity contribution in [1.82, 2.24) is 5.32 Å². The van der Waals surface area contributed by atoms with Crippen LogP contribution in [0.15, 0.2) is 18.2 Å². The van der Waals surface area contributed by atoms with E-state index in [4.69, 9.17) is 5.73 Å². The molecule has 0 bridgehead atoms. The molecule has 1 aliphatic rings. The first-order chi connectivity index (χ1) is 9.11. The summed E-state index contributed by atoms with van der Waals surface area (Å²) in [6.45, 7) is 0.530. The van der Waals surface area contributed by atoms with Crippen molar-refractivity contribution in [3.63, 3.8) is 0 Å². The van der Waals surface area contributed by atoms with Gasteiger partial charge in [-0.3, -0.25) is 4.79 Å². The van der Waals surface area contributed by atoms with Crippen LogP contribution in [0, 0.1) is 17.6 Å². The van der Waals surface area contributed by atoms with Crippen molar-refractivity contribution in [3.8, 4) is 0 Å². The molecule has 20 heavy (non-hydrogen) atoms. The van der Waals surface area contributed by atoms with E-state index in [2.05, 4.69) is 5.32 Å². The molecule has 1 saturated carbocycles. The number of hydrogen-bond acceptors (Lipinski definition) is 2. The number of benzene rings is 1. The van der Waals surface area contributed by atoms with Crippen molar-refractivity contribution in [2.45, 2.75) is 31.7 Å². The van der Waals surface area contributed by atoms with Crippen LogP contribution in [-0.4, -0.2) is 18.5 Å². The van der Waals surface area contributed by atoms with Gasteiger partial charge in [0.1, 0.15) is 0 Å². The normalized spacial score (nSPS) is 21.9. The first-order valence-corrected chi connectivity index (χ1v) is 6.58. The third-order valence-electron chi connectivity index (χ3n) is 3.71. The van der Waals surface area contributed by atoms with E-state index in [1.165, 1.54) is 6.07 Å². The summed E-state index contributed by atoms with van der Waals surface area (Å²) in [6, 6.07) is 3.20. The lowest BCUT2D eigenvalue weighted by Gasteiger charge is -2.31. The number of carbonyl (C=O) groups is 1. The molecule has 6 heteroatoms. The fourth-order valence-electron chi connectivity index (χ4n) is 2.57. The van der Waals surface area contributed by atoms with E-state index >= 15 is 0 Å². The van der Waals surface area contributed by atoms with E-state index in [-0.39, 0.29) is 35.8 Å². The predicted octanol–water partition coefficient (Wildman–Crippen LogP) is 2.63. The van der Waals surface area contributed by atoms with Gasteiger partial charge in [0.2, 0.25) is 0 Å². The molecule has 0 aliphatic heterocycles. The molecule has 0 radical (unpaired) electrons. The first-order valence-electron chi connectivity index (χ1n) is 6.58. The lowest BCUT2D eigenvalue weighted by atomic mass is 9.84. The summed E-state index contributed by atoms with van der Waals surface area (Å²) in [7, 11) is 0. The highest BCUT2D eigenvalue weighted by Gasteiger charge is 2.25. The minimum absolute atomic E-state index is 0. The Labute approximate surface area is 123 Å². The van der Waals surface area contributed by atoms with Gasteiger partial charge in [0.05, 0.1) is 0 Å². The van der Waals surface area contributed by atoms with E-state index in [9.17, 15) is 13.6 Å². The highest BCUT2D eigenvalue weighted by Crippen LogP contribution is 2.23. The lowest BCUT2D eigenvalue weighted by molar-refractivity contribution is 0.0907. The number of nitrogens with two attached hydrogens (primary N) is 1. The van der Waals surface area contributed by atoms with Crippen molar-refractivity contribution >= 4 is 18.3 Å². The Morgan fingerprint density at radius 1 is 1.25 bits per heavy atom. The largest absolute Gasteiger partial charge is 0.349 e. The Kier molecular flexibility index (Phi) is 6.36. The van der Waals surface area contributed by atoms with Crippen LogP contribution >= 0.6 is 12.4 Å². The quantitative estimate of drug-likeness (QED) is 0.902. The molecule has 1 fully saturated rings. The molecule has 1 aromatic rings. The van der Waals surface area contributed by atoms with Crippen LogP contribution in [0.5, 0.6) is 0 Å². The van der Waals surface area contributed by atoms with Crippen LogP contribution in [0.25, 0.3) is 0 Å². The average molecular weight is 305 g/mol. The van der Waals surface area contributed by atoms with Crippen LogP contribution in [0.4, 0.5) is 8.78 Å². The highest BCUT2D eigenvalue weighted by molar-refractivity contribution is 5.94. The molecular weight excluding hydrogens is 286 g/mol. The number of rotatable bonds is 3. The summed E-state index contributed by atoms with van der Waals surface area (Å²) in [4.78, 5) is 12.0. The van der Waals surface area contributed by atoms with E-state index in [0.29, 0.717) is 6.54 Å². The van der Waals surface area contributed by atoms with Crippen molar-refractivity contribution < 1.29 is 13.6 Å². The zero-order valence-electron chi connectivity index (χ0n) is 11.1. The van der Waals surface area contributed by atoms with Gasteiger partial charge in [-0.1, -0.05) is 12.8 Å². The molecule has 112 valence electrons. The fraction of sp³-hybridized carbons (Fsp3) is 0.500. The lowest BCUT2D eigenvalue weighted by Crippen LogP contribution is -2.44. The summed E-state index contributed by atoms with van der Waals surface area (Å²) in [6.07, 6.45) is 4.06. The second-order valence-corrected chi connectivity index (χ2v) is 4.99. The van der Waals surface area contributed by atoms with Crippen LogP contribution in [0.2, 0.25) is 0 Å². The first kappa shape index (κ1) is 16.9. The van der Waals surface area contributed by atoms with Crippen molar-refractivity contribution in [1.29, 1.82) is 0 Å². The van der Waals surface area contributed by atoms with Gasteiger partial charge >= 0.3 is 0 Å². The van der Waals surface area contributed by atoms with Gasteiger partial charge < -0.3 is 11.1 Å². The zero-order chi connectivity index (χ0) is 13.8. The van der Waals surface area contributed by atoms with Crippen LogP contribution < -0.4 is 11.1 Å². The SMILES string of the molecule is Cl.NCC1CCCCC1NC(=O)c1ccc(F)c(F)c1. The monoisotopic (exact) mass is 304 g/mol. The molecule has 0 heterocycles. The molecule has 0 spiro atoms. The van der Waals surface area contributed by atoms with Gasteiger partial charge in [-0.15, -0.1) is 12.4 Å². The number of hydrogen-bond donors (Lipinski definition) is 2. The zero-order valence-corrected chi connectivity index (χ0v) is 11.9. The Bertz CT molecular complexity index is 470. The minimum Gasteiger partial charge on any atom is -0.349 e. The maximum Gasteiger partial charge on any atom is 0.251 e. The Morgan fingerprint density at radius 3 is 2.60 bits per heavy atom. The molecule has 2 atom stereocenters.